The number of aryl methyl sites for hydroxylation is 1. The van der Waals surface area contributed by atoms with E-state index in [4.69, 9.17) is 9.47 Å². The number of amides is 1. The molecule has 0 radical (unpaired) electrons. The molecular weight excluding hydrogens is 400 g/mol. The van der Waals surface area contributed by atoms with Crippen molar-refractivity contribution in [3.05, 3.63) is 93.3 Å². The lowest BCUT2D eigenvalue weighted by atomic mass is 10.1. The Morgan fingerprint density at radius 3 is 2.68 bits per heavy atom. The largest absolute Gasteiger partial charge is 0.493 e. The molecule has 0 bridgehead atoms. The summed E-state index contributed by atoms with van der Waals surface area (Å²) in [5.74, 6) is -0.255. The summed E-state index contributed by atoms with van der Waals surface area (Å²) in [6.45, 7) is 2.12. The average molecular weight is 420 g/mol. The van der Waals surface area contributed by atoms with E-state index in [1.807, 2.05) is 31.2 Å². The van der Waals surface area contributed by atoms with E-state index < -0.39 is 10.8 Å². The normalized spacial score (nSPS) is 10.6. The molecule has 3 aromatic rings. The van der Waals surface area contributed by atoms with Gasteiger partial charge in [-0.3, -0.25) is 19.9 Å². The molecule has 1 heterocycles. The van der Waals surface area contributed by atoms with Crippen LogP contribution in [-0.4, -0.2) is 29.1 Å². The molecule has 0 saturated carbocycles. The van der Waals surface area contributed by atoms with Gasteiger partial charge in [-0.15, -0.1) is 0 Å². The number of hydrogen-bond acceptors (Lipinski definition) is 7. The molecule has 9 nitrogen and oxygen atoms in total. The predicted molar refractivity (Wildman–Crippen MR) is 114 cm³/mol. The summed E-state index contributed by atoms with van der Waals surface area (Å²) in [5, 5.41) is 15.5. The van der Waals surface area contributed by atoms with Gasteiger partial charge in [-0.2, -0.15) is 5.10 Å². The summed E-state index contributed by atoms with van der Waals surface area (Å²) in [5.41, 5.74) is 4.74. The number of pyridine rings is 1. The van der Waals surface area contributed by atoms with Crippen LogP contribution in [0.1, 0.15) is 27.0 Å². The second-order valence-corrected chi connectivity index (χ2v) is 6.54. The lowest BCUT2D eigenvalue weighted by Crippen LogP contribution is -2.17. The predicted octanol–water partition coefficient (Wildman–Crippen LogP) is 3.65. The van der Waals surface area contributed by atoms with Crippen LogP contribution in [0.25, 0.3) is 0 Å². The van der Waals surface area contributed by atoms with Crippen LogP contribution in [0.3, 0.4) is 0 Å². The van der Waals surface area contributed by atoms with Crippen molar-refractivity contribution in [2.24, 2.45) is 5.10 Å². The number of nitrogens with one attached hydrogen (secondary N) is 1. The Hall–Kier alpha value is -4.27. The van der Waals surface area contributed by atoms with Crippen molar-refractivity contribution in [2.75, 3.05) is 7.11 Å². The SMILES string of the molecule is COc1cc(/C=N\NC(=O)c2cccnc2)cc([N+](=O)[O-])c1OCc1ccc(C)cc1. The monoisotopic (exact) mass is 420 g/mol. The van der Waals surface area contributed by atoms with E-state index in [1.54, 1.807) is 18.3 Å². The average Bonchev–Trinajstić information content (AvgIpc) is 2.79. The molecule has 3 rings (SSSR count). The molecule has 158 valence electrons. The minimum Gasteiger partial charge on any atom is -0.493 e. The van der Waals surface area contributed by atoms with Crippen molar-refractivity contribution in [1.29, 1.82) is 0 Å². The molecule has 1 N–H and O–H groups in total. The standard InChI is InChI=1S/C22H20N4O5/c1-15-5-7-16(8-6-15)14-31-21-19(26(28)29)10-17(11-20(21)30-2)12-24-25-22(27)18-4-3-9-23-13-18/h3-13H,14H2,1-2H3,(H,25,27)/b24-12-. The molecule has 1 aromatic heterocycles. The van der Waals surface area contributed by atoms with Gasteiger partial charge < -0.3 is 9.47 Å². The van der Waals surface area contributed by atoms with Crippen LogP contribution in [0.4, 0.5) is 5.69 Å². The molecule has 0 saturated heterocycles. The van der Waals surface area contributed by atoms with E-state index in [2.05, 4.69) is 15.5 Å². The Balaban J connectivity index is 1.79. The number of carbonyl (C=O) groups excluding carboxylic acids is 1. The first-order chi connectivity index (χ1) is 15.0. The fourth-order valence-electron chi connectivity index (χ4n) is 2.68. The Bertz CT molecular complexity index is 1100. The van der Waals surface area contributed by atoms with Crippen LogP contribution in [0.2, 0.25) is 0 Å². The third kappa shape index (κ3) is 5.63. The van der Waals surface area contributed by atoms with Gasteiger partial charge in [0.1, 0.15) is 6.61 Å². The van der Waals surface area contributed by atoms with Gasteiger partial charge in [0.2, 0.25) is 5.75 Å². The molecule has 0 unspecified atom stereocenters. The summed E-state index contributed by atoms with van der Waals surface area (Å²) in [4.78, 5) is 26.9. The van der Waals surface area contributed by atoms with Crippen molar-refractivity contribution < 1.29 is 19.2 Å². The summed E-state index contributed by atoms with van der Waals surface area (Å²) in [6.07, 6.45) is 4.24. The van der Waals surface area contributed by atoms with Gasteiger partial charge in [-0.25, -0.2) is 5.43 Å². The van der Waals surface area contributed by atoms with Gasteiger partial charge in [-0.05, 0) is 30.7 Å². The fourth-order valence-corrected chi connectivity index (χ4v) is 2.68. The minimum atomic E-state index is -0.557. The number of hydrazone groups is 1. The Labute approximate surface area is 178 Å². The first kappa shape index (κ1) is 21.4. The number of rotatable bonds is 8. The van der Waals surface area contributed by atoms with Gasteiger partial charge in [0.25, 0.3) is 5.91 Å². The van der Waals surface area contributed by atoms with Crippen LogP contribution < -0.4 is 14.9 Å². The van der Waals surface area contributed by atoms with Crippen molar-refractivity contribution >= 4 is 17.8 Å². The molecule has 2 aromatic carbocycles. The number of aromatic nitrogens is 1. The highest BCUT2D eigenvalue weighted by molar-refractivity contribution is 5.94. The zero-order valence-corrected chi connectivity index (χ0v) is 16.9. The van der Waals surface area contributed by atoms with E-state index in [0.29, 0.717) is 11.1 Å². The molecule has 0 spiro atoms. The van der Waals surface area contributed by atoms with Gasteiger partial charge in [-0.1, -0.05) is 29.8 Å². The molecule has 31 heavy (non-hydrogen) atoms. The second kappa shape index (κ2) is 9.97. The molecule has 9 heteroatoms. The number of benzene rings is 2. The number of nitro groups is 1. The number of nitro benzene ring substituents is 1. The molecular formula is C22H20N4O5. The number of nitrogens with zero attached hydrogens (tertiary/aromatic N) is 3. The first-order valence-electron chi connectivity index (χ1n) is 9.26. The van der Waals surface area contributed by atoms with E-state index in [1.165, 1.54) is 31.7 Å². The molecule has 0 aliphatic carbocycles. The number of hydrogen-bond donors (Lipinski definition) is 1. The lowest BCUT2D eigenvalue weighted by Gasteiger charge is -2.12. The topological polar surface area (TPSA) is 116 Å². The zero-order valence-electron chi connectivity index (χ0n) is 16.9. The van der Waals surface area contributed by atoms with E-state index in [9.17, 15) is 14.9 Å². The first-order valence-corrected chi connectivity index (χ1v) is 9.26. The summed E-state index contributed by atoms with van der Waals surface area (Å²) < 4.78 is 11.0. The Kier molecular flexibility index (Phi) is 6.89. The number of methoxy groups -OCH3 is 1. The summed E-state index contributed by atoms with van der Waals surface area (Å²) in [7, 11) is 1.39. The third-order valence-corrected chi connectivity index (χ3v) is 4.28. The van der Waals surface area contributed by atoms with E-state index >= 15 is 0 Å². The summed E-state index contributed by atoms with van der Waals surface area (Å²) in [6, 6.07) is 13.7. The lowest BCUT2D eigenvalue weighted by molar-refractivity contribution is -0.386. The smallest absolute Gasteiger partial charge is 0.315 e. The number of carbonyl (C=O) groups is 1. The fraction of sp³-hybridized carbons (Fsp3) is 0.136. The Morgan fingerprint density at radius 2 is 2.03 bits per heavy atom. The summed E-state index contributed by atoms with van der Waals surface area (Å²) >= 11 is 0. The van der Waals surface area contributed by atoms with Crippen LogP contribution in [-0.2, 0) is 6.61 Å². The van der Waals surface area contributed by atoms with Crippen LogP contribution >= 0.6 is 0 Å². The molecule has 1 amide bonds. The number of ether oxygens (including phenoxy) is 2. The highest BCUT2D eigenvalue weighted by Gasteiger charge is 2.22. The Morgan fingerprint density at radius 1 is 1.26 bits per heavy atom. The van der Waals surface area contributed by atoms with E-state index in [0.717, 1.165) is 11.1 Å². The molecule has 0 atom stereocenters. The van der Waals surface area contributed by atoms with Crippen molar-refractivity contribution in [2.45, 2.75) is 13.5 Å². The highest BCUT2D eigenvalue weighted by atomic mass is 16.6. The van der Waals surface area contributed by atoms with Crippen molar-refractivity contribution in [3.8, 4) is 11.5 Å². The van der Waals surface area contributed by atoms with Gasteiger partial charge in [0.05, 0.1) is 23.8 Å². The third-order valence-electron chi connectivity index (χ3n) is 4.28. The van der Waals surface area contributed by atoms with Crippen LogP contribution in [0.5, 0.6) is 11.5 Å². The van der Waals surface area contributed by atoms with Crippen molar-refractivity contribution in [1.82, 2.24) is 10.4 Å². The van der Waals surface area contributed by atoms with Crippen LogP contribution in [0.15, 0.2) is 66.0 Å². The molecule has 0 aliphatic rings. The van der Waals surface area contributed by atoms with Gasteiger partial charge in [0, 0.05) is 24.0 Å². The quantitative estimate of drug-likeness (QED) is 0.338. The maximum atomic E-state index is 12.0. The van der Waals surface area contributed by atoms with Gasteiger partial charge >= 0.3 is 5.69 Å². The maximum Gasteiger partial charge on any atom is 0.315 e. The maximum absolute atomic E-state index is 12.0. The zero-order chi connectivity index (χ0) is 22.2. The van der Waals surface area contributed by atoms with Crippen molar-refractivity contribution in [3.63, 3.8) is 0 Å². The second-order valence-electron chi connectivity index (χ2n) is 6.54. The van der Waals surface area contributed by atoms with Crippen LogP contribution in [0, 0.1) is 17.0 Å². The highest BCUT2D eigenvalue weighted by Crippen LogP contribution is 2.38. The van der Waals surface area contributed by atoms with E-state index in [-0.39, 0.29) is 23.8 Å². The minimum absolute atomic E-state index is 0.0182. The molecule has 0 fully saturated rings. The molecule has 0 aliphatic heterocycles. The van der Waals surface area contributed by atoms with Gasteiger partial charge in [0.15, 0.2) is 5.75 Å².